The second-order valence-electron chi connectivity index (χ2n) is 6.98. The van der Waals surface area contributed by atoms with E-state index in [1.807, 2.05) is 0 Å². The molecule has 0 aliphatic heterocycles. The number of amides is 4. The number of rotatable bonds is 15. The fraction of sp³-hybridized carbons (Fsp3) is 0.765. The molecular weight excluding hydrogens is 468 g/mol. The Hall–Kier alpha value is -1.67. The lowest BCUT2D eigenvalue weighted by Crippen LogP contribution is -2.56. The Bertz CT molecular complexity index is 733. The highest BCUT2D eigenvalue weighted by molar-refractivity contribution is 7.84. The SMILES string of the molecule is CC(=O)N[C@H](CCS(C)=O)C(=O)N[C@@H](CCS(C)=O)C(=O)N[C@@H](CCS(C)=O)C(N)=O. The maximum Gasteiger partial charge on any atom is 0.243 e. The van der Waals surface area contributed by atoms with Crippen LogP contribution in [0.15, 0.2) is 0 Å². The molecule has 31 heavy (non-hydrogen) atoms. The van der Waals surface area contributed by atoms with E-state index in [-0.39, 0.29) is 36.5 Å². The van der Waals surface area contributed by atoms with Gasteiger partial charge in [-0.1, -0.05) is 0 Å². The van der Waals surface area contributed by atoms with Gasteiger partial charge >= 0.3 is 0 Å². The fourth-order valence-corrected chi connectivity index (χ4v) is 4.17. The average Bonchev–Trinajstić information content (AvgIpc) is 2.63. The van der Waals surface area contributed by atoms with E-state index >= 15 is 0 Å². The Morgan fingerprint density at radius 2 is 1.00 bits per heavy atom. The first kappa shape index (κ1) is 29.3. The summed E-state index contributed by atoms with van der Waals surface area (Å²) in [5.41, 5.74) is 5.30. The van der Waals surface area contributed by atoms with Gasteiger partial charge < -0.3 is 21.7 Å². The van der Waals surface area contributed by atoms with Crippen LogP contribution < -0.4 is 21.7 Å². The zero-order chi connectivity index (χ0) is 24.1. The van der Waals surface area contributed by atoms with E-state index in [2.05, 4.69) is 16.0 Å². The minimum absolute atomic E-state index is 0.0123. The number of hydrogen-bond acceptors (Lipinski definition) is 7. The topological polar surface area (TPSA) is 182 Å². The van der Waals surface area contributed by atoms with Gasteiger partial charge in [0.25, 0.3) is 0 Å². The molecule has 0 saturated heterocycles. The van der Waals surface area contributed by atoms with E-state index in [0.29, 0.717) is 0 Å². The first-order valence-electron chi connectivity index (χ1n) is 9.40. The third kappa shape index (κ3) is 14.1. The van der Waals surface area contributed by atoms with Crippen molar-refractivity contribution in [3.63, 3.8) is 0 Å². The van der Waals surface area contributed by atoms with Crippen molar-refractivity contribution in [3.05, 3.63) is 0 Å². The van der Waals surface area contributed by atoms with Gasteiger partial charge in [-0.3, -0.25) is 31.8 Å². The van der Waals surface area contributed by atoms with Crippen LogP contribution in [0.4, 0.5) is 0 Å². The molecule has 0 rings (SSSR count). The molecule has 0 fully saturated rings. The number of primary amides is 1. The molecular formula is C17H32N4O7S3. The molecule has 0 aliphatic carbocycles. The van der Waals surface area contributed by atoms with Gasteiger partial charge in [-0.05, 0) is 19.3 Å². The molecule has 11 nitrogen and oxygen atoms in total. The highest BCUT2D eigenvalue weighted by atomic mass is 32.2. The molecule has 0 aromatic carbocycles. The van der Waals surface area contributed by atoms with Crippen molar-refractivity contribution in [2.24, 2.45) is 5.73 Å². The molecule has 0 aromatic rings. The summed E-state index contributed by atoms with van der Waals surface area (Å²) in [4.78, 5) is 48.4. The largest absolute Gasteiger partial charge is 0.368 e. The minimum atomic E-state index is -1.25. The Balaban J connectivity index is 5.41. The molecule has 14 heteroatoms. The fourth-order valence-electron chi connectivity index (χ4n) is 2.46. The molecule has 0 spiro atoms. The van der Waals surface area contributed by atoms with Crippen LogP contribution >= 0.6 is 0 Å². The number of nitrogens with one attached hydrogen (secondary N) is 3. The Kier molecular flexibility index (Phi) is 14.4. The summed E-state index contributed by atoms with van der Waals surface area (Å²) in [6.45, 7) is 1.22. The smallest absolute Gasteiger partial charge is 0.243 e. The Morgan fingerprint density at radius 3 is 1.32 bits per heavy atom. The van der Waals surface area contributed by atoms with Gasteiger partial charge in [0.2, 0.25) is 23.6 Å². The molecule has 0 heterocycles. The summed E-state index contributed by atoms with van der Waals surface area (Å²) < 4.78 is 34.1. The van der Waals surface area contributed by atoms with Crippen molar-refractivity contribution in [1.29, 1.82) is 0 Å². The number of carbonyl (C=O) groups excluding carboxylic acids is 4. The van der Waals surface area contributed by atoms with E-state index in [9.17, 15) is 31.8 Å². The first-order chi connectivity index (χ1) is 14.3. The highest BCUT2D eigenvalue weighted by Crippen LogP contribution is 2.02. The Morgan fingerprint density at radius 1 is 0.677 bits per heavy atom. The first-order valence-corrected chi connectivity index (χ1v) is 14.6. The van der Waals surface area contributed by atoms with Crippen LogP contribution in [-0.2, 0) is 51.6 Å². The van der Waals surface area contributed by atoms with Gasteiger partial charge in [0.15, 0.2) is 0 Å². The van der Waals surface area contributed by atoms with Gasteiger partial charge in [-0.25, -0.2) is 0 Å². The Labute approximate surface area is 189 Å². The molecule has 0 aromatic heterocycles. The maximum absolute atomic E-state index is 12.7. The molecule has 0 bridgehead atoms. The van der Waals surface area contributed by atoms with Gasteiger partial charge in [-0.2, -0.15) is 0 Å². The van der Waals surface area contributed by atoms with Gasteiger partial charge in [0.1, 0.15) is 18.1 Å². The van der Waals surface area contributed by atoms with Crippen LogP contribution in [0.1, 0.15) is 26.2 Å². The van der Waals surface area contributed by atoms with Crippen LogP contribution in [0, 0.1) is 0 Å². The van der Waals surface area contributed by atoms with Crippen LogP contribution in [0.25, 0.3) is 0 Å². The molecule has 180 valence electrons. The van der Waals surface area contributed by atoms with E-state index in [0.717, 1.165) is 0 Å². The summed E-state index contributed by atoms with van der Waals surface area (Å²) in [5, 5.41) is 7.38. The second kappa shape index (κ2) is 15.2. The zero-order valence-corrected chi connectivity index (χ0v) is 20.6. The summed E-state index contributed by atoms with van der Waals surface area (Å²) in [6.07, 6.45) is 4.51. The average molecular weight is 501 g/mol. The van der Waals surface area contributed by atoms with Crippen molar-refractivity contribution in [3.8, 4) is 0 Å². The number of hydrogen-bond donors (Lipinski definition) is 4. The molecule has 4 amide bonds. The van der Waals surface area contributed by atoms with Crippen molar-refractivity contribution in [2.45, 2.75) is 44.3 Å². The van der Waals surface area contributed by atoms with Crippen molar-refractivity contribution >= 4 is 56.0 Å². The highest BCUT2D eigenvalue weighted by Gasteiger charge is 2.29. The minimum Gasteiger partial charge on any atom is -0.368 e. The van der Waals surface area contributed by atoms with Crippen molar-refractivity contribution in [2.75, 3.05) is 36.0 Å². The van der Waals surface area contributed by atoms with Crippen LogP contribution in [0.2, 0.25) is 0 Å². The normalized spacial score (nSPS) is 16.8. The van der Waals surface area contributed by atoms with E-state index in [4.69, 9.17) is 5.73 Å². The van der Waals surface area contributed by atoms with E-state index in [1.165, 1.54) is 25.7 Å². The van der Waals surface area contributed by atoms with Crippen molar-refractivity contribution in [1.82, 2.24) is 16.0 Å². The summed E-state index contributed by atoms with van der Waals surface area (Å²) in [7, 11) is -3.65. The maximum atomic E-state index is 12.7. The van der Waals surface area contributed by atoms with E-state index in [1.54, 1.807) is 0 Å². The third-order valence-electron chi connectivity index (χ3n) is 4.07. The molecule has 5 N–H and O–H groups in total. The van der Waals surface area contributed by atoms with Gasteiger partial charge in [0.05, 0.1) is 0 Å². The lowest BCUT2D eigenvalue weighted by atomic mass is 10.1. The second-order valence-corrected chi connectivity index (χ2v) is 11.6. The molecule has 3 unspecified atom stereocenters. The van der Waals surface area contributed by atoms with Crippen LogP contribution in [0.5, 0.6) is 0 Å². The predicted octanol–water partition coefficient (Wildman–Crippen LogP) is -2.75. The molecule has 0 saturated carbocycles. The van der Waals surface area contributed by atoms with Crippen LogP contribution in [-0.4, -0.2) is 90.4 Å². The molecule has 0 radical (unpaired) electrons. The van der Waals surface area contributed by atoms with Crippen molar-refractivity contribution < 1.29 is 31.8 Å². The van der Waals surface area contributed by atoms with Gasteiger partial charge in [-0.15, -0.1) is 0 Å². The summed E-state index contributed by atoms with van der Waals surface area (Å²) in [5.74, 6) is -2.28. The molecule has 0 aliphatic rings. The number of nitrogens with two attached hydrogens (primary N) is 1. The lowest BCUT2D eigenvalue weighted by molar-refractivity contribution is -0.133. The van der Waals surface area contributed by atoms with E-state index < -0.39 is 74.2 Å². The lowest BCUT2D eigenvalue weighted by Gasteiger charge is -2.24. The standard InChI is InChI=1S/C17H32N4O7S3/c1-11(22)19-13(6-9-30(3)27)16(24)21-14(7-10-31(4)28)17(25)20-12(15(18)23)5-8-29(2)26/h12-14H,5-10H2,1-4H3,(H2,18,23)(H,19,22)(H,20,25)(H,21,24)/t12-,13+,14-,29?,30?,31?/m0/s1. The third-order valence-corrected chi connectivity index (χ3v) is 6.50. The predicted molar refractivity (Wildman–Crippen MR) is 121 cm³/mol. The summed E-state index contributed by atoms with van der Waals surface area (Å²) >= 11 is 0. The zero-order valence-electron chi connectivity index (χ0n) is 18.1. The quantitative estimate of drug-likeness (QED) is 0.188. The number of carbonyl (C=O) groups is 4. The van der Waals surface area contributed by atoms with Gasteiger partial charge in [0, 0.05) is 75.3 Å². The molecule has 6 atom stereocenters. The van der Waals surface area contributed by atoms with Crippen LogP contribution in [0.3, 0.4) is 0 Å². The summed E-state index contributed by atoms with van der Waals surface area (Å²) in [6, 6.07) is -3.25. The monoisotopic (exact) mass is 500 g/mol.